The van der Waals surface area contributed by atoms with Gasteiger partial charge in [0.25, 0.3) is 0 Å². The Labute approximate surface area is 104 Å². The SMILES string of the molecule is CCC1(CC2(CC)COCOC2)COCOC1. The lowest BCUT2D eigenvalue weighted by Crippen LogP contribution is -2.46. The highest BCUT2D eigenvalue weighted by Gasteiger charge is 2.42. The molecule has 0 saturated carbocycles. The smallest absolute Gasteiger partial charge is 0.146 e. The minimum atomic E-state index is 0.137. The van der Waals surface area contributed by atoms with E-state index in [0.29, 0.717) is 13.6 Å². The fourth-order valence-corrected chi connectivity index (χ4v) is 2.89. The zero-order valence-corrected chi connectivity index (χ0v) is 11.0. The van der Waals surface area contributed by atoms with E-state index in [1.165, 1.54) is 0 Å². The first-order chi connectivity index (χ1) is 8.24. The van der Waals surface area contributed by atoms with E-state index in [4.69, 9.17) is 18.9 Å². The molecule has 0 aromatic carbocycles. The van der Waals surface area contributed by atoms with Gasteiger partial charge in [-0.1, -0.05) is 13.8 Å². The molecule has 2 fully saturated rings. The molecule has 0 radical (unpaired) electrons. The minimum Gasteiger partial charge on any atom is -0.355 e. The molecule has 0 aliphatic carbocycles. The number of ether oxygens (including phenoxy) is 4. The zero-order valence-electron chi connectivity index (χ0n) is 11.0. The van der Waals surface area contributed by atoms with Crippen LogP contribution in [0.2, 0.25) is 0 Å². The summed E-state index contributed by atoms with van der Waals surface area (Å²) in [6, 6.07) is 0. The summed E-state index contributed by atoms with van der Waals surface area (Å²) in [5.74, 6) is 0. The molecule has 4 heteroatoms. The van der Waals surface area contributed by atoms with Crippen molar-refractivity contribution in [2.75, 3.05) is 40.0 Å². The highest BCUT2D eigenvalue weighted by atomic mass is 16.7. The van der Waals surface area contributed by atoms with Crippen molar-refractivity contribution in [3.63, 3.8) is 0 Å². The van der Waals surface area contributed by atoms with Gasteiger partial charge in [-0.05, 0) is 19.3 Å². The Hall–Kier alpha value is -0.160. The van der Waals surface area contributed by atoms with Crippen LogP contribution in [0.3, 0.4) is 0 Å². The molecule has 2 aliphatic heterocycles. The van der Waals surface area contributed by atoms with Gasteiger partial charge >= 0.3 is 0 Å². The maximum Gasteiger partial charge on any atom is 0.146 e. The predicted octanol–water partition coefficient (Wildman–Crippen LogP) is 2.18. The van der Waals surface area contributed by atoms with Crippen molar-refractivity contribution in [2.45, 2.75) is 33.1 Å². The molecule has 17 heavy (non-hydrogen) atoms. The Balaban J connectivity index is 2.04. The third-order valence-electron chi connectivity index (χ3n) is 4.22. The van der Waals surface area contributed by atoms with E-state index in [-0.39, 0.29) is 10.8 Å². The van der Waals surface area contributed by atoms with Gasteiger partial charge in [-0.15, -0.1) is 0 Å². The van der Waals surface area contributed by atoms with E-state index in [1.54, 1.807) is 0 Å². The van der Waals surface area contributed by atoms with E-state index in [0.717, 1.165) is 45.7 Å². The van der Waals surface area contributed by atoms with Crippen LogP contribution in [-0.2, 0) is 18.9 Å². The summed E-state index contributed by atoms with van der Waals surface area (Å²) in [4.78, 5) is 0. The van der Waals surface area contributed by atoms with Gasteiger partial charge in [-0.2, -0.15) is 0 Å². The summed E-state index contributed by atoms with van der Waals surface area (Å²) >= 11 is 0. The highest BCUT2D eigenvalue weighted by Crippen LogP contribution is 2.42. The van der Waals surface area contributed by atoms with Crippen molar-refractivity contribution in [1.29, 1.82) is 0 Å². The Morgan fingerprint density at radius 3 is 1.35 bits per heavy atom. The summed E-state index contributed by atoms with van der Waals surface area (Å²) in [5.41, 5.74) is 0.274. The monoisotopic (exact) mass is 244 g/mol. The summed E-state index contributed by atoms with van der Waals surface area (Å²) in [5, 5.41) is 0. The third kappa shape index (κ3) is 2.99. The quantitative estimate of drug-likeness (QED) is 0.759. The van der Waals surface area contributed by atoms with Crippen LogP contribution in [0.4, 0.5) is 0 Å². The molecular formula is C13H24O4. The van der Waals surface area contributed by atoms with Crippen molar-refractivity contribution < 1.29 is 18.9 Å². The van der Waals surface area contributed by atoms with Gasteiger partial charge in [0.2, 0.25) is 0 Å². The third-order valence-corrected chi connectivity index (χ3v) is 4.22. The van der Waals surface area contributed by atoms with Crippen LogP contribution in [0.5, 0.6) is 0 Å². The standard InChI is InChI=1S/C13H24O4/c1-3-12(6-14-10-15-7-12)5-13(4-2)8-16-11-17-9-13/h3-11H2,1-2H3. The molecule has 0 spiro atoms. The number of hydrogen-bond donors (Lipinski definition) is 0. The van der Waals surface area contributed by atoms with Crippen LogP contribution in [0.1, 0.15) is 33.1 Å². The van der Waals surface area contributed by atoms with Crippen LogP contribution >= 0.6 is 0 Å². The van der Waals surface area contributed by atoms with Gasteiger partial charge in [0.15, 0.2) is 0 Å². The fraction of sp³-hybridized carbons (Fsp3) is 1.00. The normalized spacial score (nSPS) is 27.9. The average molecular weight is 244 g/mol. The molecule has 2 rings (SSSR count). The van der Waals surface area contributed by atoms with Gasteiger partial charge in [0, 0.05) is 10.8 Å². The van der Waals surface area contributed by atoms with Crippen LogP contribution in [-0.4, -0.2) is 40.0 Å². The largest absolute Gasteiger partial charge is 0.355 e. The molecule has 2 aliphatic rings. The molecule has 0 aromatic heterocycles. The predicted molar refractivity (Wildman–Crippen MR) is 63.6 cm³/mol. The summed E-state index contributed by atoms with van der Waals surface area (Å²) < 4.78 is 22.0. The van der Waals surface area contributed by atoms with Crippen LogP contribution < -0.4 is 0 Å². The molecule has 0 unspecified atom stereocenters. The van der Waals surface area contributed by atoms with Crippen molar-refractivity contribution in [2.24, 2.45) is 10.8 Å². The summed E-state index contributed by atoms with van der Waals surface area (Å²) in [6.07, 6.45) is 3.22. The summed E-state index contributed by atoms with van der Waals surface area (Å²) in [6.45, 7) is 8.49. The number of rotatable bonds is 4. The first-order valence-corrected chi connectivity index (χ1v) is 6.55. The topological polar surface area (TPSA) is 36.9 Å². The van der Waals surface area contributed by atoms with Crippen LogP contribution in [0.25, 0.3) is 0 Å². The molecule has 0 bridgehead atoms. The molecular weight excluding hydrogens is 220 g/mol. The molecule has 0 aromatic rings. The Kier molecular flexibility index (Phi) is 4.42. The second-order valence-corrected chi connectivity index (χ2v) is 5.51. The molecule has 2 heterocycles. The zero-order chi connectivity index (χ0) is 12.2. The lowest BCUT2D eigenvalue weighted by Gasteiger charge is -2.45. The maximum absolute atomic E-state index is 5.50. The Bertz CT molecular complexity index is 206. The van der Waals surface area contributed by atoms with Crippen molar-refractivity contribution in [3.8, 4) is 0 Å². The van der Waals surface area contributed by atoms with E-state index in [1.807, 2.05) is 0 Å². The van der Waals surface area contributed by atoms with E-state index in [2.05, 4.69) is 13.8 Å². The Morgan fingerprint density at radius 2 is 1.06 bits per heavy atom. The van der Waals surface area contributed by atoms with Gasteiger partial charge in [-0.25, -0.2) is 0 Å². The van der Waals surface area contributed by atoms with E-state index >= 15 is 0 Å². The maximum atomic E-state index is 5.50. The van der Waals surface area contributed by atoms with Crippen molar-refractivity contribution >= 4 is 0 Å². The van der Waals surface area contributed by atoms with E-state index < -0.39 is 0 Å². The van der Waals surface area contributed by atoms with Gasteiger partial charge < -0.3 is 18.9 Å². The second kappa shape index (κ2) is 5.65. The highest BCUT2D eigenvalue weighted by molar-refractivity contribution is 4.90. The second-order valence-electron chi connectivity index (χ2n) is 5.51. The van der Waals surface area contributed by atoms with Gasteiger partial charge in [0.1, 0.15) is 13.6 Å². The van der Waals surface area contributed by atoms with Crippen LogP contribution in [0, 0.1) is 10.8 Å². The molecule has 0 N–H and O–H groups in total. The molecule has 0 amide bonds. The van der Waals surface area contributed by atoms with Crippen LogP contribution in [0.15, 0.2) is 0 Å². The van der Waals surface area contributed by atoms with Crippen molar-refractivity contribution in [3.05, 3.63) is 0 Å². The Morgan fingerprint density at radius 1 is 0.706 bits per heavy atom. The molecule has 0 atom stereocenters. The molecule has 2 saturated heterocycles. The average Bonchev–Trinajstić information content (AvgIpc) is 2.41. The van der Waals surface area contributed by atoms with Gasteiger partial charge in [0.05, 0.1) is 26.4 Å². The van der Waals surface area contributed by atoms with E-state index in [9.17, 15) is 0 Å². The lowest BCUT2D eigenvalue weighted by atomic mass is 9.69. The van der Waals surface area contributed by atoms with Crippen molar-refractivity contribution in [1.82, 2.24) is 0 Å². The molecule has 4 nitrogen and oxygen atoms in total. The fourth-order valence-electron chi connectivity index (χ4n) is 2.89. The number of hydrogen-bond acceptors (Lipinski definition) is 4. The lowest BCUT2D eigenvalue weighted by molar-refractivity contribution is -0.209. The molecule has 100 valence electrons. The first kappa shape index (κ1) is 13.3. The van der Waals surface area contributed by atoms with Gasteiger partial charge in [-0.3, -0.25) is 0 Å². The first-order valence-electron chi connectivity index (χ1n) is 6.55. The minimum absolute atomic E-state index is 0.137. The summed E-state index contributed by atoms with van der Waals surface area (Å²) in [7, 11) is 0.